The number of carbonyl (C=O) groups is 1. The largest absolute Gasteiger partial charge is 0.337 e. The molecule has 0 saturated carbocycles. The lowest BCUT2D eigenvalue weighted by Crippen LogP contribution is -2.40. The number of likely N-dealkylation sites (tertiary alicyclic amines) is 1. The Morgan fingerprint density at radius 1 is 1.41 bits per heavy atom. The molecule has 142 valence electrons. The summed E-state index contributed by atoms with van der Waals surface area (Å²) in [4.78, 5) is 23.7. The fourth-order valence-corrected chi connectivity index (χ4v) is 3.87. The van der Waals surface area contributed by atoms with Gasteiger partial charge in [-0.1, -0.05) is 20.8 Å². The van der Waals surface area contributed by atoms with Gasteiger partial charge in [-0.3, -0.25) is 9.89 Å². The number of hydrogen-bond acceptors (Lipinski definition) is 5. The molecule has 3 aromatic heterocycles. The highest BCUT2D eigenvalue weighted by Gasteiger charge is 2.29. The van der Waals surface area contributed by atoms with Crippen molar-refractivity contribution in [2.75, 3.05) is 13.1 Å². The van der Waals surface area contributed by atoms with Gasteiger partial charge in [0.05, 0.1) is 11.9 Å². The van der Waals surface area contributed by atoms with Crippen LogP contribution in [-0.2, 0) is 6.42 Å². The number of amides is 1. The van der Waals surface area contributed by atoms with E-state index in [9.17, 15) is 4.79 Å². The fourth-order valence-electron chi connectivity index (χ4n) is 3.87. The Kier molecular flexibility index (Phi) is 4.63. The number of hydrogen-bond donors (Lipinski definition) is 1. The molecule has 1 saturated heterocycles. The second-order valence-corrected chi connectivity index (χ2v) is 7.45. The standard InChI is InChI=1S/C19H25N7O/c1-4-13-9-21-24-17(13)14-6-5-7-25(10-14)18(27)15-8-16(12(2)3)26-19(23-15)20-11-22-26/h8-9,11-12,14H,4-7,10H2,1-3H3,(H,21,24)/t14-/m0/s1. The number of H-pyrrole nitrogens is 1. The smallest absolute Gasteiger partial charge is 0.272 e. The summed E-state index contributed by atoms with van der Waals surface area (Å²) in [5.74, 6) is 0.945. The number of nitrogens with one attached hydrogen (secondary N) is 1. The molecule has 8 heteroatoms. The van der Waals surface area contributed by atoms with Crippen molar-refractivity contribution in [1.82, 2.24) is 34.7 Å². The molecule has 0 bridgehead atoms. The van der Waals surface area contributed by atoms with Gasteiger partial charge < -0.3 is 4.90 Å². The predicted molar refractivity (Wildman–Crippen MR) is 101 cm³/mol. The molecule has 1 aliphatic rings. The van der Waals surface area contributed by atoms with Gasteiger partial charge in [-0.15, -0.1) is 0 Å². The number of piperidine rings is 1. The van der Waals surface area contributed by atoms with Gasteiger partial charge in [-0.05, 0) is 36.8 Å². The molecule has 0 aromatic carbocycles. The molecule has 0 unspecified atom stereocenters. The van der Waals surface area contributed by atoms with E-state index in [0.717, 1.165) is 31.5 Å². The van der Waals surface area contributed by atoms with Gasteiger partial charge in [0.2, 0.25) is 0 Å². The minimum absolute atomic E-state index is 0.0373. The minimum Gasteiger partial charge on any atom is -0.337 e. The van der Waals surface area contributed by atoms with E-state index in [1.54, 1.807) is 4.52 Å². The summed E-state index contributed by atoms with van der Waals surface area (Å²) in [7, 11) is 0. The highest BCUT2D eigenvalue weighted by molar-refractivity contribution is 5.93. The lowest BCUT2D eigenvalue weighted by atomic mass is 9.92. The van der Waals surface area contributed by atoms with Crippen molar-refractivity contribution >= 4 is 11.7 Å². The van der Waals surface area contributed by atoms with Crippen LogP contribution in [0.2, 0.25) is 0 Å². The third-order valence-corrected chi connectivity index (χ3v) is 5.34. The number of fused-ring (bicyclic) bond motifs is 1. The first-order valence-corrected chi connectivity index (χ1v) is 9.60. The summed E-state index contributed by atoms with van der Waals surface area (Å²) in [6, 6.07) is 1.85. The Morgan fingerprint density at radius 3 is 3.04 bits per heavy atom. The summed E-state index contributed by atoms with van der Waals surface area (Å²) in [6.45, 7) is 7.72. The third kappa shape index (κ3) is 3.20. The van der Waals surface area contributed by atoms with Crippen molar-refractivity contribution < 1.29 is 4.79 Å². The van der Waals surface area contributed by atoms with Gasteiger partial charge in [0.25, 0.3) is 11.7 Å². The van der Waals surface area contributed by atoms with Crippen LogP contribution >= 0.6 is 0 Å². The first kappa shape index (κ1) is 17.6. The maximum atomic E-state index is 13.2. The van der Waals surface area contributed by atoms with E-state index in [-0.39, 0.29) is 11.8 Å². The van der Waals surface area contributed by atoms with Gasteiger partial charge in [0, 0.05) is 24.7 Å². The topological polar surface area (TPSA) is 92.1 Å². The van der Waals surface area contributed by atoms with Crippen molar-refractivity contribution in [3.8, 4) is 0 Å². The molecule has 8 nitrogen and oxygen atoms in total. The second kappa shape index (κ2) is 7.09. The number of rotatable bonds is 4. The van der Waals surface area contributed by atoms with Crippen molar-refractivity contribution in [1.29, 1.82) is 0 Å². The van der Waals surface area contributed by atoms with Crippen LogP contribution in [0.1, 0.15) is 72.9 Å². The molecule has 1 aliphatic heterocycles. The SMILES string of the molecule is CCc1cn[nH]c1[C@H]1CCCN(C(=O)c2cc(C(C)C)n3ncnc3n2)C1. The molecule has 0 aliphatic carbocycles. The van der Waals surface area contributed by atoms with E-state index >= 15 is 0 Å². The highest BCUT2D eigenvalue weighted by Crippen LogP contribution is 2.29. The van der Waals surface area contributed by atoms with Gasteiger partial charge in [0.15, 0.2) is 0 Å². The first-order valence-electron chi connectivity index (χ1n) is 9.60. The first-order chi connectivity index (χ1) is 13.1. The lowest BCUT2D eigenvalue weighted by molar-refractivity contribution is 0.0699. The normalized spacial score (nSPS) is 17.8. The molecule has 27 heavy (non-hydrogen) atoms. The molecule has 1 N–H and O–H groups in total. The van der Waals surface area contributed by atoms with Crippen LogP contribution in [0.25, 0.3) is 5.78 Å². The van der Waals surface area contributed by atoms with Crippen LogP contribution in [0.15, 0.2) is 18.6 Å². The quantitative estimate of drug-likeness (QED) is 0.765. The molecule has 0 radical (unpaired) electrons. The average Bonchev–Trinajstić information content (AvgIpc) is 3.35. The van der Waals surface area contributed by atoms with Crippen molar-refractivity contribution in [3.05, 3.63) is 41.2 Å². The van der Waals surface area contributed by atoms with E-state index < -0.39 is 0 Å². The minimum atomic E-state index is -0.0373. The zero-order chi connectivity index (χ0) is 19.0. The summed E-state index contributed by atoms with van der Waals surface area (Å²) in [6.07, 6.45) is 6.35. The monoisotopic (exact) mass is 367 g/mol. The Morgan fingerprint density at radius 2 is 2.26 bits per heavy atom. The van der Waals surface area contributed by atoms with Crippen LogP contribution in [0.3, 0.4) is 0 Å². The summed E-state index contributed by atoms with van der Waals surface area (Å²) < 4.78 is 1.71. The van der Waals surface area contributed by atoms with Crippen molar-refractivity contribution in [2.24, 2.45) is 0 Å². The van der Waals surface area contributed by atoms with Crippen LogP contribution < -0.4 is 0 Å². The van der Waals surface area contributed by atoms with Gasteiger partial charge in [-0.2, -0.15) is 15.2 Å². The van der Waals surface area contributed by atoms with Crippen LogP contribution in [0.5, 0.6) is 0 Å². The molecular formula is C19H25N7O. The van der Waals surface area contributed by atoms with E-state index in [0.29, 0.717) is 23.9 Å². The van der Waals surface area contributed by atoms with Crippen LogP contribution in [0.4, 0.5) is 0 Å². The number of aryl methyl sites for hydroxylation is 1. The molecule has 1 atom stereocenters. The average molecular weight is 367 g/mol. The molecule has 1 amide bonds. The molecule has 0 spiro atoms. The number of aromatic nitrogens is 6. The summed E-state index contributed by atoms with van der Waals surface area (Å²) in [5, 5.41) is 11.6. The second-order valence-electron chi connectivity index (χ2n) is 7.45. The Balaban J connectivity index is 1.61. The van der Waals surface area contributed by atoms with Gasteiger partial charge >= 0.3 is 0 Å². The van der Waals surface area contributed by atoms with E-state index in [1.165, 1.54) is 17.6 Å². The predicted octanol–water partition coefficient (Wildman–Crippen LogP) is 2.55. The Labute approximate surface area is 158 Å². The summed E-state index contributed by atoms with van der Waals surface area (Å²) >= 11 is 0. The molecule has 4 rings (SSSR count). The van der Waals surface area contributed by atoms with Gasteiger partial charge in [-0.25, -0.2) is 9.50 Å². The third-order valence-electron chi connectivity index (χ3n) is 5.34. The van der Waals surface area contributed by atoms with E-state index in [2.05, 4.69) is 46.0 Å². The summed E-state index contributed by atoms with van der Waals surface area (Å²) in [5.41, 5.74) is 3.79. The maximum Gasteiger partial charge on any atom is 0.272 e. The molecular weight excluding hydrogens is 342 g/mol. The zero-order valence-electron chi connectivity index (χ0n) is 16.0. The lowest BCUT2D eigenvalue weighted by Gasteiger charge is -2.32. The maximum absolute atomic E-state index is 13.2. The van der Waals surface area contributed by atoms with Crippen LogP contribution in [-0.4, -0.2) is 53.7 Å². The van der Waals surface area contributed by atoms with Gasteiger partial charge in [0.1, 0.15) is 12.0 Å². The number of carbonyl (C=O) groups excluding carboxylic acids is 1. The molecule has 4 heterocycles. The van der Waals surface area contributed by atoms with Crippen molar-refractivity contribution in [2.45, 2.75) is 51.9 Å². The highest BCUT2D eigenvalue weighted by atomic mass is 16.2. The number of nitrogens with zero attached hydrogens (tertiary/aromatic N) is 6. The fraction of sp³-hybridized carbons (Fsp3) is 0.526. The van der Waals surface area contributed by atoms with E-state index in [1.807, 2.05) is 17.2 Å². The number of aromatic amines is 1. The molecule has 3 aromatic rings. The zero-order valence-corrected chi connectivity index (χ0v) is 16.0. The van der Waals surface area contributed by atoms with Crippen LogP contribution in [0, 0.1) is 0 Å². The van der Waals surface area contributed by atoms with Crippen molar-refractivity contribution in [3.63, 3.8) is 0 Å². The van der Waals surface area contributed by atoms with E-state index in [4.69, 9.17) is 0 Å². The Hall–Kier alpha value is -2.77. The Bertz CT molecular complexity index is 958. The molecule has 1 fully saturated rings.